The van der Waals surface area contributed by atoms with E-state index in [2.05, 4.69) is 10.1 Å². The lowest BCUT2D eigenvalue weighted by Crippen LogP contribution is -2.39. The normalized spacial score (nSPS) is 17.0. The van der Waals surface area contributed by atoms with Crippen molar-refractivity contribution in [3.05, 3.63) is 72.1 Å². The second-order valence-corrected chi connectivity index (χ2v) is 6.92. The van der Waals surface area contributed by atoms with Crippen LogP contribution in [0.25, 0.3) is 0 Å². The van der Waals surface area contributed by atoms with Crippen molar-refractivity contribution in [3.8, 4) is 0 Å². The fraction of sp³-hybridized carbons (Fsp3) is 0.350. The number of likely N-dealkylation sites (tertiary alicyclic amines) is 1. The number of nitrogens with zero attached hydrogens (tertiary/aromatic N) is 5. The fourth-order valence-electron chi connectivity index (χ4n) is 3.66. The first-order chi connectivity index (χ1) is 12.7. The standard InChI is InChI=1S/C20H23N5O/c1-16-11-22-24(13-16)15-18-6-3-10-25(18)20(26)19-7-4-9-23(19)14-17-5-2-8-21-12-17/h2,4-5,7-9,11-13,18H,3,6,10,14-15H2,1H3/t18-/m0/s1. The second-order valence-electron chi connectivity index (χ2n) is 6.92. The minimum atomic E-state index is 0.102. The molecule has 0 radical (unpaired) electrons. The summed E-state index contributed by atoms with van der Waals surface area (Å²) < 4.78 is 3.95. The third kappa shape index (κ3) is 3.40. The van der Waals surface area contributed by atoms with E-state index in [1.54, 1.807) is 6.20 Å². The summed E-state index contributed by atoms with van der Waals surface area (Å²) in [7, 11) is 0. The van der Waals surface area contributed by atoms with E-state index in [1.807, 2.05) is 70.1 Å². The Bertz CT molecular complexity index is 883. The number of hydrogen-bond acceptors (Lipinski definition) is 3. The molecule has 4 rings (SSSR count). The van der Waals surface area contributed by atoms with Crippen LogP contribution in [0.4, 0.5) is 0 Å². The summed E-state index contributed by atoms with van der Waals surface area (Å²) >= 11 is 0. The summed E-state index contributed by atoms with van der Waals surface area (Å²) in [5, 5.41) is 4.38. The maximum Gasteiger partial charge on any atom is 0.270 e. The predicted molar refractivity (Wildman–Crippen MR) is 98.8 cm³/mol. The van der Waals surface area contributed by atoms with Gasteiger partial charge in [-0.15, -0.1) is 0 Å². The molecule has 0 N–H and O–H groups in total. The largest absolute Gasteiger partial charge is 0.339 e. The van der Waals surface area contributed by atoms with Crippen molar-refractivity contribution in [2.75, 3.05) is 6.54 Å². The van der Waals surface area contributed by atoms with Crippen LogP contribution in [-0.2, 0) is 13.1 Å². The summed E-state index contributed by atoms with van der Waals surface area (Å²) in [6, 6.07) is 7.99. The molecule has 1 amide bonds. The van der Waals surface area contributed by atoms with Crippen LogP contribution < -0.4 is 0 Å². The summed E-state index contributed by atoms with van der Waals surface area (Å²) in [5.41, 5.74) is 2.96. The molecule has 6 heteroatoms. The Hall–Kier alpha value is -2.89. The van der Waals surface area contributed by atoms with Gasteiger partial charge < -0.3 is 9.47 Å². The highest BCUT2D eigenvalue weighted by atomic mass is 16.2. The second kappa shape index (κ2) is 7.15. The molecule has 3 aromatic heterocycles. The van der Waals surface area contributed by atoms with Crippen LogP contribution in [0.5, 0.6) is 0 Å². The van der Waals surface area contributed by atoms with Gasteiger partial charge >= 0.3 is 0 Å². The molecule has 26 heavy (non-hydrogen) atoms. The van der Waals surface area contributed by atoms with Crippen molar-refractivity contribution in [2.24, 2.45) is 0 Å². The van der Waals surface area contributed by atoms with Crippen molar-refractivity contribution >= 4 is 5.91 Å². The van der Waals surface area contributed by atoms with Crippen molar-refractivity contribution in [1.29, 1.82) is 0 Å². The van der Waals surface area contributed by atoms with E-state index in [9.17, 15) is 4.79 Å². The number of pyridine rings is 1. The fourth-order valence-corrected chi connectivity index (χ4v) is 3.66. The third-order valence-electron chi connectivity index (χ3n) is 4.92. The molecular weight excluding hydrogens is 326 g/mol. The number of amides is 1. The smallest absolute Gasteiger partial charge is 0.270 e. The molecule has 1 aliphatic heterocycles. The molecule has 0 saturated carbocycles. The number of rotatable bonds is 5. The molecule has 1 fully saturated rings. The number of hydrogen-bond donors (Lipinski definition) is 0. The molecule has 0 spiro atoms. The number of aromatic nitrogens is 4. The highest BCUT2D eigenvalue weighted by Crippen LogP contribution is 2.22. The first-order valence-corrected chi connectivity index (χ1v) is 9.05. The maximum atomic E-state index is 13.2. The molecule has 0 aromatic carbocycles. The van der Waals surface area contributed by atoms with Gasteiger partial charge in [-0.1, -0.05) is 6.07 Å². The van der Waals surface area contributed by atoms with E-state index >= 15 is 0 Å². The lowest BCUT2D eigenvalue weighted by atomic mass is 10.2. The van der Waals surface area contributed by atoms with Crippen LogP contribution in [-0.4, -0.2) is 42.7 Å². The van der Waals surface area contributed by atoms with Crippen molar-refractivity contribution in [1.82, 2.24) is 24.2 Å². The molecule has 0 unspecified atom stereocenters. The van der Waals surface area contributed by atoms with Gasteiger partial charge in [0.05, 0.1) is 18.8 Å². The van der Waals surface area contributed by atoms with Crippen molar-refractivity contribution in [2.45, 2.75) is 38.9 Å². The van der Waals surface area contributed by atoms with Gasteiger partial charge in [-0.2, -0.15) is 5.10 Å². The Morgan fingerprint density at radius 2 is 2.19 bits per heavy atom. The summed E-state index contributed by atoms with van der Waals surface area (Å²) in [4.78, 5) is 19.4. The lowest BCUT2D eigenvalue weighted by molar-refractivity contribution is 0.0711. The third-order valence-corrected chi connectivity index (χ3v) is 4.92. The van der Waals surface area contributed by atoms with Crippen LogP contribution in [0.1, 0.15) is 34.5 Å². The van der Waals surface area contributed by atoms with E-state index in [-0.39, 0.29) is 11.9 Å². The zero-order chi connectivity index (χ0) is 17.9. The molecule has 1 aliphatic rings. The SMILES string of the molecule is Cc1cnn(C[C@@H]2CCCN2C(=O)c2cccn2Cc2cccnc2)c1. The van der Waals surface area contributed by atoms with Gasteiger partial charge in [0.25, 0.3) is 5.91 Å². The highest BCUT2D eigenvalue weighted by Gasteiger charge is 2.31. The molecule has 4 heterocycles. The van der Waals surface area contributed by atoms with E-state index in [0.29, 0.717) is 6.54 Å². The minimum Gasteiger partial charge on any atom is -0.339 e. The van der Waals surface area contributed by atoms with Crippen molar-refractivity contribution < 1.29 is 4.79 Å². The number of carbonyl (C=O) groups is 1. The van der Waals surface area contributed by atoms with Gasteiger partial charge in [0.2, 0.25) is 0 Å². The molecule has 0 bridgehead atoms. The zero-order valence-corrected chi connectivity index (χ0v) is 15.0. The van der Waals surface area contributed by atoms with Gasteiger partial charge in [-0.25, -0.2) is 0 Å². The molecule has 1 saturated heterocycles. The van der Waals surface area contributed by atoms with Crippen molar-refractivity contribution in [3.63, 3.8) is 0 Å². The average molecular weight is 349 g/mol. The zero-order valence-electron chi connectivity index (χ0n) is 15.0. The lowest BCUT2D eigenvalue weighted by Gasteiger charge is -2.25. The van der Waals surface area contributed by atoms with Crippen LogP contribution in [0.2, 0.25) is 0 Å². The summed E-state index contributed by atoms with van der Waals surface area (Å²) in [6.45, 7) is 4.25. The van der Waals surface area contributed by atoms with E-state index in [4.69, 9.17) is 0 Å². The van der Waals surface area contributed by atoms with Crippen LogP contribution >= 0.6 is 0 Å². The van der Waals surface area contributed by atoms with Gasteiger partial charge in [0, 0.05) is 37.9 Å². The first-order valence-electron chi connectivity index (χ1n) is 9.05. The van der Waals surface area contributed by atoms with Crippen LogP contribution in [0, 0.1) is 6.92 Å². The van der Waals surface area contributed by atoms with Crippen LogP contribution in [0.3, 0.4) is 0 Å². The van der Waals surface area contributed by atoms with Gasteiger partial charge in [-0.3, -0.25) is 14.5 Å². The molecule has 134 valence electrons. The Morgan fingerprint density at radius 1 is 1.27 bits per heavy atom. The molecule has 0 aliphatic carbocycles. The van der Waals surface area contributed by atoms with Gasteiger partial charge in [-0.05, 0) is 49.1 Å². The summed E-state index contributed by atoms with van der Waals surface area (Å²) in [5.74, 6) is 0.102. The van der Waals surface area contributed by atoms with E-state index in [1.165, 1.54) is 0 Å². The first kappa shape index (κ1) is 16.6. The average Bonchev–Trinajstić information content (AvgIpc) is 3.38. The van der Waals surface area contributed by atoms with Crippen LogP contribution in [0.15, 0.2) is 55.2 Å². The summed E-state index contributed by atoms with van der Waals surface area (Å²) in [6.07, 6.45) is 11.5. The maximum absolute atomic E-state index is 13.2. The molecular formula is C20H23N5O. The van der Waals surface area contributed by atoms with Gasteiger partial charge in [0.1, 0.15) is 5.69 Å². The molecule has 3 aromatic rings. The quantitative estimate of drug-likeness (QED) is 0.712. The van der Waals surface area contributed by atoms with E-state index < -0.39 is 0 Å². The minimum absolute atomic E-state index is 0.102. The molecule has 1 atom stereocenters. The topological polar surface area (TPSA) is 56.0 Å². The number of aryl methyl sites for hydroxylation is 1. The highest BCUT2D eigenvalue weighted by molar-refractivity contribution is 5.93. The Kier molecular flexibility index (Phi) is 4.56. The number of carbonyl (C=O) groups excluding carboxylic acids is 1. The van der Waals surface area contributed by atoms with Gasteiger partial charge in [0.15, 0.2) is 0 Å². The Morgan fingerprint density at radius 3 is 2.96 bits per heavy atom. The monoisotopic (exact) mass is 349 g/mol. The molecule has 6 nitrogen and oxygen atoms in total. The Balaban J connectivity index is 1.51. The van der Waals surface area contributed by atoms with E-state index in [0.717, 1.165) is 42.8 Å². The predicted octanol–water partition coefficient (Wildman–Crippen LogP) is 2.74. The Labute approximate surface area is 153 Å².